The minimum Gasteiger partial charge on any atom is -0.465 e. The van der Waals surface area contributed by atoms with Crippen LogP contribution in [0.5, 0.6) is 0 Å². The van der Waals surface area contributed by atoms with Crippen molar-refractivity contribution in [2.24, 2.45) is 0 Å². The van der Waals surface area contributed by atoms with E-state index >= 15 is 0 Å². The van der Waals surface area contributed by atoms with Crippen molar-refractivity contribution < 1.29 is 23.1 Å². The van der Waals surface area contributed by atoms with E-state index in [4.69, 9.17) is 0 Å². The van der Waals surface area contributed by atoms with Gasteiger partial charge in [0.2, 0.25) is 0 Å². The Kier molecular flexibility index (Phi) is 4.54. The number of hydrogen-bond donors (Lipinski definition) is 2. The standard InChI is InChI=1S/C15H17F3N4O2/c1-14(2,3)22(13(23)24)8-11-19-12(21-20-11)9-4-6-10(7-5-9)15(16,17)18/h4-7H,8H2,1-3H3,(H,23,24)(H,19,20,21). The highest BCUT2D eigenvalue weighted by Crippen LogP contribution is 2.30. The van der Waals surface area contributed by atoms with Crippen LogP contribution in [0.2, 0.25) is 0 Å². The second-order valence-corrected chi connectivity index (χ2v) is 6.22. The van der Waals surface area contributed by atoms with E-state index in [-0.39, 0.29) is 12.4 Å². The number of nitrogens with one attached hydrogen (secondary N) is 1. The average molecular weight is 342 g/mol. The summed E-state index contributed by atoms with van der Waals surface area (Å²) in [7, 11) is 0. The molecule has 0 atom stereocenters. The van der Waals surface area contributed by atoms with Gasteiger partial charge in [-0.05, 0) is 32.9 Å². The zero-order valence-electron chi connectivity index (χ0n) is 13.3. The van der Waals surface area contributed by atoms with Gasteiger partial charge in [0, 0.05) is 11.1 Å². The molecule has 130 valence electrons. The van der Waals surface area contributed by atoms with Crippen molar-refractivity contribution in [1.29, 1.82) is 0 Å². The van der Waals surface area contributed by atoms with Gasteiger partial charge in [0.05, 0.1) is 12.1 Å². The lowest BCUT2D eigenvalue weighted by molar-refractivity contribution is -0.137. The highest BCUT2D eigenvalue weighted by molar-refractivity contribution is 5.66. The van der Waals surface area contributed by atoms with E-state index in [9.17, 15) is 23.1 Å². The lowest BCUT2D eigenvalue weighted by atomic mass is 10.1. The van der Waals surface area contributed by atoms with Gasteiger partial charge in [0.15, 0.2) is 5.82 Å². The fourth-order valence-electron chi connectivity index (χ4n) is 2.04. The predicted octanol–water partition coefficient (Wildman–Crippen LogP) is 3.77. The summed E-state index contributed by atoms with van der Waals surface area (Å²) < 4.78 is 37.7. The Hall–Kier alpha value is -2.58. The van der Waals surface area contributed by atoms with E-state index in [0.717, 1.165) is 12.1 Å². The van der Waals surface area contributed by atoms with Gasteiger partial charge in [0.25, 0.3) is 0 Å². The molecule has 0 aliphatic carbocycles. The fraction of sp³-hybridized carbons (Fsp3) is 0.400. The molecule has 1 aromatic heterocycles. The Morgan fingerprint density at radius 2 is 1.79 bits per heavy atom. The third-order valence-electron chi connectivity index (χ3n) is 3.35. The van der Waals surface area contributed by atoms with Gasteiger partial charge in [-0.15, -0.1) is 0 Å². The van der Waals surface area contributed by atoms with Crippen LogP contribution in [0.25, 0.3) is 11.4 Å². The normalized spacial score (nSPS) is 12.2. The molecule has 0 radical (unpaired) electrons. The summed E-state index contributed by atoms with van der Waals surface area (Å²) in [6, 6.07) is 4.44. The third-order valence-corrected chi connectivity index (χ3v) is 3.35. The summed E-state index contributed by atoms with van der Waals surface area (Å²) in [6.45, 7) is 5.23. The summed E-state index contributed by atoms with van der Waals surface area (Å²) in [5.74, 6) is 0.514. The lowest BCUT2D eigenvalue weighted by Gasteiger charge is -2.32. The largest absolute Gasteiger partial charge is 0.465 e. The van der Waals surface area contributed by atoms with Crippen molar-refractivity contribution in [3.63, 3.8) is 0 Å². The molecular weight excluding hydrogens is 325 g/mol. The first-order valence-electron chi connectivity index (χ1n) is 7.08. The van der Waals surface area contributed by atoms with Crippen LogP contribution in [0.3, 0.4) is 0 Å². The number of benzene rings is 1. The van der Waals surface area contributed by atoms with Crippen LogP contribution in [0, 0.1) is 0 Å². The summed E-state index contributed by atoms with van der Waals surface area (Å²) in [5.41, 5.74) is -0.984. The number of halogens is 3. The van der Waals surface area contributed by atoms with E-state index in [1.54, 1.807) is 20.8 Å². The monoisotopic (exact) mass is 342 g/mol. The molecular formula is C15H17F3N4O2. The van der Waals surface area contributed by atoms with Crippen molar-refractivity contribution in [2.75, 3.05) is 0 Å². The second kappa shape index (κ2) is 6.14. The summed E-state index contributed by atoms with van der Waals surface area (Å²) in [5, 5.41) is 15.8. The second-order valence-electron chi connectivity index (χ2n) is 6.22. The predicted molar refractivity (Wildman–Crippen MR) is 80.1 cm³/mol. The van der Waals surface area contributed by atoms with Crippen LogP contribution < -0.4 is 0 Å². The Morgan fingerprint density at radius 3 is 2.25 bits per heavy atom. The maximum Gasteiger partial charge on any atom is 0.416 e. The first-order chi connectivity index (χ1) is 11.0. The highest BCUT2D eigenvalue weighted by Gasteiger charge is 2.30. The van der Waals surface area contributed by atoms with Crippen LogP contribution in [0.4, 0.5) is 18.0 Å². The lowest BCUT2D eigenvalue weighted by Crippen LogP contribution is -2.44. The molecule has 0 aliphatic heterocycles. The molecule has 6 nitrogen and oxygen atoms in total. The zero-order valence-corrected chi connectivity index (χ0v) is 13.3. The molecule has 0 unspecified atom stereocenters. The maximum atomic E-state index is 12.6. The van der Waals surface area contributed by atoms with Crippen LogP contribution >= 0.6 is 0 Å². The fourth-order valence-corrected chi connectivity index (χ4v) is 2.04. The minimum atomic E-state index is -4.41. The molecule has 2 rings (SSSR count). The number of amides is 1. The van der Waals surface area contributed by atoms with E-state index in [1.807, 2.05) is 0 Å². The molecule has 1 heterocycles. The topological polar surface area (TPSA) is 82.1 Å². The van der Waals surface area contributed by atoms with Gasteiger partial charge in [-0.25, -0.2) is 9.78 Å². The van der Waals surface area contributed by atoms with E-state index < -0.39 is 23.4 Å². The quantitative estimate of drug-likeness (QED) is 0.889. The Labute approximate surface area is 136 Å². The molecule has 2 N–H and O–H groups in total. The van der Waals surface area contributed by atoms with Gasteiger partial charge >= 0.3 is 12.3 Å². The molecule has 2 aromatic rings. The van der Waals surface area contributed by atoms with Gasteiger partial charge in [-0.2, -0.15) is 18.3 Å². The van der Waals surface area contributed by atoms with Crippen molar-refractivity contribution in [3.05, 3.63) is 35.7 Å². The van der Waals surface area contributed by atoms with Crippen LogP contribution in [-0.4, -0.2) is 36.8 Å². The number of aromatic nitrogens is 3. The SMILES string of the molecule is CC(C)(C)N(Cc1nc(-c2ccc(C(F)(F)F)cc2)n[nH]1)C(=O)O. The van der Waals surface area contributed by atoms with Crippen LogP contribution in [-0.2, 0) is 12.7 Å². The summed E-state index contributed by atoms with van der Waals surface area (Å²) in [6.07, 6.45) is -5.51. The molecule has 0 aliphatic rings. The molecule has 24 heavy (non-hydrogen) atoms. The first-order valence-corrected chi connectivity index (χ1v) is 7.08. The Bertz CT molecular complexity index is 718. The number of rotatable bonds is 3. The summed E-state index contributed by atoms with van der Waals surface area (Å²) in [4.78, 5) is 16.7. The van der Waals surface area contributed by atoms with Gasteiger partial charge in [-0.1, -0.05) is 12.1 Å². The Morgan fingerprint density at radius 1 is 1.21 bits per heavy atom. The number of carboxylic acid groups (broad SMARTS) is 1. The molecule has 0 saturated heterocycles. The number of H-pyrrole nitrogens is 1. The molecule has 1 amide bonds. The van der Waals surface area contributed by atoms with Crippen LogP contribution in [0.15, 0.2) is 24.3 Å². The number of hydrogen-bond acceptors (Lipinski definition) is 3. The number of aromatic amines is 1. The number of nitrogens with zero attached hydrogens (tertiary/aromatic N) is 3. The average Bonchev–Trinajstić information content (AvgIpc) is 2.91. The minimum absolute atomic E-state index is 0.00747. The van der Waals surface area contributed by atoms with Gasteiger partial charge in [-0.3, -0.25) is 10.00 Å². The molecule has 0 spiro atoms. The molecule has 1 aromatic carbocycles. The third kappa shape index (κ3) is 4.03. The van der Waals surface area contributed by atoms with E-state index in [1.165, 1.54) is 17.0 Å². The van der Waals surface area contributed by atoms with Crippen molar-refractivity contribution in [3.8, 4) is 11.4 Å². The van der Waals surface area contributed by atoms with Gasteiger partial charge < -0.3 is 5.11 Å². The Balaban J connectivity index is 2.20. The number of alkyl halides is 3. The van der Waals surface area contributed by atoms with Crippen molar-refractivity contribution in [1.82, 2.24) is 20.1 Å². The van der Waals surface area contributed by atoms with Crippen LogP contribution in [0.1, 0.15) is 32.2 Å². The maximum absolute atomic E-state index is 12.6. The number of carbonyl (C=O) groups is 1. The van der Waals surface area contributed by atoms with E-state index in [0.29, 0.717) is 11.4 Å². The molecule has 9 heteroatoms. The molecule has 0 fully saturated rings. The summed E-state index contributed by atoms with van der Waals surface area (Å²) >= 11 is 0. The van der Waals surface area contributed by atoms with Gasteiger partial charge in [0.1, 0.15) is 5.82 Å². The smallest absolute Gasteiger partial charge is 0.416 e. The zero-order chi connectivity index (χ0) is 18.1. The van der Waals surface area contributed by atoms with Crippen molar-refractivity contribution in [2.45, 2.75) is 39.0 Å². The molecule has 0 saturated carbocycles. The highest BCUT2D eigenvalue weighted by atomic mass is 19.4. The van der Waals surface area contributed by atoms with Crippen molar-refractivity contribution >= 4 is 6.09 Å². The molecule has 0 bridgehead atoms. The van der Waals surface area contributed by atoms with E-state index in [2.05, 4.69) is 15.2 Å². The first kappa shape index (κ1) is 17.8.